The van der Waals surface area contributed by atoms with Crippen LogP contribution in [0.5, 0.6) is 5.75 Å². The van der Waals surface area contributed by atoms with E-state index in [1.165, 1.54) is 12.1 Å². The summed E-state index contributed by atoms with van der Waals surface area (Å²) >= 11 is 0. The highest BCUT2D eigenvalue weighted by Gasteiger charge is 2.44. The first kappa shape index (κ1) is 30.4. The zero-order valence-electron chi connectivity index (χ0n) is 24.6. The molecule has 42 heavy (non-hydrogen) atoms. The van der Waals surface area contributed by atoms with E-state index in [1.807, 2.05) is 55.5 Å². The molecule has 3 aromatic rings. The van der Waals surface area contributed by atoms with Gasteiger partial charge in [0.1, 0.15) is 23.4 Å². The predicted molar refractivity (Wildman–Crippen MR) is 164 cm³/mol. The summed E-state index contributed by atoms with van der Waals surface area (Å²) in [5.41, 5.74) is 2.96. The minimum Gasteiger partial charge on any atom is -0.508 e. The van der Waals surface area contributed by atoms with E-state index in [2.05, 4.69) is 17.2 Å². The molecule has 2 unspecified atom stereocenters. The van der Waals surface area contributed by atoms with Crippen molar-refractivity contribution in [1.82, 2.24) is 10.2 Å². The molecule has 4 rings (SSSR count). The smallest absolute Gasteiger partial charge is 0.408 e. The number of nitrogens with one attached hydrogen (secondary N) is 2. The molecule has 0 heterocycles. The fraction of sp³-hybridized carbons (Fsp3) is 0.324. The highest BCUT2D eigenvalue weighted by Crippen LogP contribution is 2.37. The maximum Gasteiger partial charge on any atom is 0.408 e. The Morgan fingerprint density at radius 1 is 1.05 bits per heavy atom. The van der Waals surface area contributed by atoms with Crippen LogP contribution >= 0.6 is 0 Å². The molecule has 1 aliphatic rings. The van der Waals surface area contributed by atoms with Gasteiger partial charge in [-0.05, 0) is 87.1 Å². The van der Waals surface area contributed by atoms with Gasteiger partial charge in [0.05, 0.1) is 0 Å². The second-order valence-corrected chi connectivity index (χ2v) is 11.6. The monoisotopic (exact) mass is 569 g/mol. The van der Waals surface area contributed by atoms with Gasteiger partial charge in [-0.3, -0.25) is 9.59 Å². The number of aryl methyl sites for hydroxylation is 1. The lowest BCUT2D eigenvalue weighted by Gasteiger charge is -2.35. The summed E-state index contributed by atoms with van der Waals surface area (Å²) in [6.45, 7) is 11.0. The molecule has 3 N–H and O–H groups in total. The van der Waals surface area contributed by atoms with Crippen LogP contribution in [-0.2, 0) is 20.7 Å². The van der Waals surface area contributed by atoms with E-state index in [0.29, 0.717) is 11.3 Å². The number of para-hydroxylation sites is 1. The Kier molecular flexibility index (Phi) is 9.35. The molecule has 3 amide bonds. The van der Waals surface area contributed by atoms with E-state index in [0.717, 1.165) is 29.5 Å². The lowest BCUT2D eigenvalue weighted by molar-refractivity contribution is -0.141. The number of phenols is 1. The lowest BCUT2D eigenvalue weighted by atomic mass is 9.98. The second kappa shape index (κ2) is 12.9. The Hall–Kier alpha value is -4.59. The highest BCUT2D eigenvalue weighted by atomic mass is 16.6. The van der Waals surface area contributed by atoms with E-state index in [4.69, 9.17) is 4.74 Å². The Morgan fingerprint density at radius 3 is 2.36 bits per heavy atom. The van der Waals surface area contributed by atoms with Crippen molar-refractivity contribution >= 4 is 29.7 Å². The van der Waals surface area contributed by atoms with Gasteiger partial charge in [-0.25, -0.2) is 4.79 Å². The van der Waals surface area contributed by atoms with Crippen molar-refractivity contribution in [3.05, 3.63) is 102 Å². The van der Waals surface area contributed by atoms with Crippen molar-refractivity contribution in [2.45, 2.75) is 70.7 Å². The predicted octanol–water partition coefficient (Wildman–Crippen LogP) is 6.15. The van der Waals surface area contributed by atoms with Crippen LogP contribution in [0.4, 0.5) is 10.5 Å². The van der Waals surface area contributed by atoms with Crippen LogP contribution in [-0.4, -0.2) is 45.6 Å². The summed E-state index contributed by atoms with van der Waals surface area (Å²) in [7, 11) is 0. The van der Waals surface area contributed by atoms with Gasteiger partial charge in [0, 0.05) is 18.2 Å². The molecule has 0 aliphatic heterocycles. The van der Waals surface area contributed by atoms with Crippen molar-refractivity contribution in [3.8, 4) is 5.75 Å². The molecule has 8 nitrogen and oxygen atoms in total. The fourth-order valence-electron chi connectivity index (χ4n) is 4.78. The van der Waals surface area contributed by atoms with Crippen molar-refractivity contribution in [1.29, 1.82) is 0 Å². The summed E-state index contributed by atoms with van der Waals surface area (Å²) < 4.78 is 5.49. The van der Waals surface area contributed by atoms with Crippen LogP contribution in [0.15, 0.2) is 79.4 Å². The van der Waals surface area contributed by atoms with Gasteiger partial charge < -0.3 is 25.4 Å². The molecule has 8 heteroatoms. The maximum absolute atomic E-state index is 14.5. The fourth-order valence-corrected chi connectivity index (χ4v) is 4.78. The Balaban J connectivity index is 1.74. The van der Waals surface area contributed by atoms with E-state index in [9.17, 15) is 19.5 Å². The van der Waals surface area contributed by atoms with Crippen LogP contribution in [0.1, 0.15) is 61.9 Å². The third-order valence-electron chi connectivity index (χ3n) is 6.95. The van der Waals surface area contributed by atoms with Gasteiger partial charge in [-0.1, -0.05) is 61.2 Å². The van der Waals surface area contributed by atoms with E-state index >= 15 is 0 Å². The van der Waals surface area contributed by atoms with Gasteiger partial charge in [0.25, 0.3) is 5.91 Å². The average molecular weight is 570 g/mol. The zero-order chi connectivity index (χ0) is 30.4. The Morgan fingerprint density at radius 2 is 1.74 bits per heavy atom. The van der Waals surface area contributed by atoms with E-state index in [1.54, 1.807) is 43.9 Å². The number of rotatable bonds is 10. The molecular formula is C34H39N3O5. The maximum atomic E-state index is 14.5. The molecule has 0 saturated heterocycles. The molecule has 2 atom stereocenters. The molecule has 1 saturated carbocycles. The quantitative estimate of drug-likeness (QED) is 0.271. The number of phenolic OH excluding ortho intramolecular Hbond substituents is 1. The number of carbonyl (C=O) groups is 3. The summed E-state index contributed by atoms with van der Waals surface area (Å²) in [5, 5.41) is 15.6. The summed E-state index contributed by atoms with van der Waals surface area (Å²) in [6, 6.07) is 19.2. The van der Waals surface area contributed by atoms with Crippen molar-refractivity contribution in [2.24, 2.45) is 0 Å². The number of amides is 3. The number of alkyl carbamates (subject to hydrolysis) is 1. The van der Waals surface area contributed by atoms with Crippen molar-refractivity contribution in [2.75, 3.05) is 5.32 Å². The van der Waals surface area contributed by atoms with Crippen LogP contribution in [0.2, 0.25) is 0 Å². The number of ether oxygens (including phenoxy) is 1. The van der Waals surface area contributed by atoms with Gasteiger partial charge in [0.15, 0.2) is 0 Å². The molecule has 220 valence electrons. The highest BCUT2D eigenvalue weighted by molar-refractivity contribution is 5.99. The first-order chi connectivity index (χ1) is 19.9. The van der Waals surface area contributed by atoms with Crippen LogP contribution < -0.4 is 10.6 Å². The molecular weight excluding hydrogens is 530 g/mol. The largest absolute Gasteiger partial charge is 0.508 e. The SMILES string of the molecule is C=Cc1cccc(C(C(=O)Nc2ccccc2C)N(C(=O)C(Cc2ccc(O)cc2)NC(=O)OC(C)(C)C)C2CC2)c1. The molecule has 1 aliphatic carbocycles. The molecule has 0 bridgehead atoms. The van der Waals surface area contributed by atoms with Gasteiger partial charge in [-0.15, -0.1) is 0 Å². The first-order valence-corrected chi connectivity index (χ1v) is 14.1. The number of nitrogens with zero attached hydrogens (tertiary/aromatic N) is 1. The molecule has 1 fully saturated rings. The number of benzene rings is 3. The average Bonchev–Trinajstić information content (AvgIpc) is 3.77. The van der Waals surface area contributed by atoms with Crippen molar-refractivity contribution in [3.63, 3.8) is 0 Å². The first-order valence-electron chi connectivity index (χ1n) is 14.1. The minimum atomic E-state index is -1.03. The number of carbonyl (C=O) groups excluding carboxylic acids is 3. The minimum absolute atomic E-state index is 0.0939. The van der Waals surface area contributed by atoms with E-state index < -0.39 is 29.7 Å². The number of hydrogen-bond donors (Lipinski definition) is 3. The van der Waals surface area contributed by atoms with Crippen molar-refractivity contribution < 1.29 is 24.2 Å². The zero-order valence-corrected chi connectivity index (χ0v) is 24.6. The Labute approximate surface area is 247 Å². The Bertz CT molecular complexity index is 1440. The van der Waals surface area contributed by atoms with Gasteiger partial charge >= 0.3 is 6.09 Å². The number of anilines is 1. The third kappa shape index (κ3) is 8.00. The topological polar surface area (TPSA) is 108 Å². The van der Waals surface area contributed by atoms with Crippen LogP contribution in [0.25, 0.3) is 6.08 Å². The van der Waals surface area contributed by atoms with Gasteiger partial charge in [0.2, 0.25) is 5.91 Å². The van der Waals surface area contributed by atoms with Crippen LogP contribution in [0.3, 0.4) is 0 Å². The lowest BCUT2D eigenvalue weighted by Crippen LogP contribution is -2.54. The molecule has 0 aromatic heterocycles. The van der Waals surface area contributed by atoms with E-state index in [-0.39, 0.29) is 24.1 Å². The third-order valence-corrected chi connectivity index (χ3v) is 6.95. The summed E-state index contributed by atoms with van der Waals surface area (Å²) in [6.07, 6.45) is 2.57. The van der Waals surface area contributed by atoms with Gasteiger partial charge in [-0.2, -0.15) is 0 Å². The normalized spacial score (nSPS) is 14.3. The number of aromatic hydroxyl groups is 1. The molecule has 0 spiro atoms. The van der Waals surface area contributed by atoms with Crippen LogP contribution in [0, 0.1) is 6.92 Å². The second-order valence-electron chi connectivity index (χ2n) is 11.6. The molecule has 0 radical (unpaired) electrons. The summed E-state index contributed by atoms with van der Waals surface area (Å²) in [4.78, 5) is 43.1. The number of hydrogen-bond acceptors (Lipinski definition) is 5. The standard InChI is InChI=1S/C34H39N3O5/c1-6-23-11-9-12-25(20-23)30(31(39)35-28-13-8-7-10-22(28)2)37(26-16-17-26)32(40)29(36-33(41)42-34(3,4)5)21-24-14-18-27(38)19-15-24/h6-15,18-20,26,29-30,38H,1,16-17,21H2,2-5H3,(H,35,39)(H,36,41). The molecule has 3 aromatic carbocycles. The summed E-state index contributed by atoms with van der Waals surface area (Å²) in [5.74, 6) is -0.659.